The largest absolute Gasteiger partial charge is 0.352 e. The number of carbonyl (C=O) groups is 1. The standard InChI is InChI=1S/C20H24BrFN4O/c1-14-4-5-16(10-18(14)22)12-24-20(25-13-19(27)26(2)3)23-11-15-6-8-17(21)9-7-15/h4-10H,11-13H2,1-3H3,(H2,23,24,25). The molecule has 0 spiro atoms. The van der Waals surface area contributed by atoms with Crippen LogP contribution in [0.4, 0.5) is 4.39 Å². The van der Waals surface area contributed by atoms with E-state index < -0.39 is 0 Å². The van der Waals surface area contributed by atoms with Gasteiger partial charge in [0.15, 0.2) is 5.96 Å². The van der Waals surface area contributed by atoms with E-state index in [-0.39, 0.29) is 18.3 Å². The summed E-state index contributed by atoms with van der Waals surface area (Å²) in [6.45, 7) is 2.71. The second kappa shape index (κ2) is 10.1. The lowest BCUT2D eigenvalue weighted by Crippen LogP contribution is -2.42. The summed E-state index contributed by atoms with van der Waals surface area (Å²) in [6.07, 6.45) is 0. The Morgan fingerprint density at radius 3 is 2.41 bits per heavy atom. The summed E-state index contributed by atoms with van der Waals surface area (Å²) in [7, 11) is 3.40. The number of carbonyl (C=O) groups excluding carboxylic acids is 1. The number of aryl methyl sites for hydroxylation is 1. The van der Waals surface area contributed by atoms with Crippen molar-refractivity contribution in [3.05, 3.63) is 69.4 Å². The molecule has 0 atom stereocenters. The highest BCUT2D eigenvalue weighted by atomic mass is 79.9. The number of nitrogens with zero attached hydrogens (tertiary/aromatic N) is 2. The molecule has 5 nitrogen and oxygen atoms in total. The molecule has 7 heteroatoms. The quantitative estimate of drug-likeness (QED) is 0.541. The van der Waals surface area contributed by atoms with Crippen LogP contribution in [0.5, 0.6) is 0 Å². The van der Waals surface area contributed by atoms with E-state index in [2.05, 4.69) is 31.6 Å². The van der Waals surface area contributed by atoms with Gasteiger partial charge in [-0.15, -0.1) is 0 Å². The number of amides is 1. The van der Waals surface area contributed by atoms with Crippen LogP contribution >= 0.6 is 15.9 Å². The van der Waals surface area contributed by atoms with Gasteiger partial charge in [-0.05, 0) is 41.8 Å². The molecule has 2 aromatic carbocycles. The number of rotatable bonds is 6. The molecule has 144 valence electrons. The fourth-order valence-electron chi connectivity index (χ4n) is 2.18. The Balaban J connectivity index is 2.05. The predicted octanol–water partition coefficient (Wildman–Crippen LogP) is 3.22. The van der Waals surface area contributed by atoms with Gasteiger partial charge in [-0.2, -0.15) is 0 Å². The van der Waals surface area contributed by atoms with E-state index >= 15 is 0 Å². The molecule has 27 heavy (non-hydrogen) atoms. The van der Waals surface area contributed by atoms with E-state index in [0.29, 0.717) is 24.6 Å². The zero-order valence-corrected chi connectivity index (χ0v) is 17.3. The van der Waals surface area contributed by atoms with E-state index in [0.717, 1.165) is 15.6 Å². The summed E-state index contributed by atoms with van der Waals surface area (Å²) in [5, 5.41) is 6.23. The topological polar surface area (TPSA) is 56.7 Å². The summed E-state index contributed by atoms with van der Waals surface area (Å²) in [6, 6.07) is 13.0. The van der Waals surface area contributed by atoms with Crippen molar-refractivity contribution >= 4 is 27.8 Å². The number of hydrogen-bond donors (Lipinski definition) is 2. The number of aliphatic imine (C=N–C) groups is 1. The Bertz CT molecular complexity index is 806. The maximum atomic E-state index is 13.7. The van der Waals surface area contributed by atoms with E-state index in [1.165, 1.54) is 11.0 Å². The lowest BCUT2D eigenvalue weighted by molar-refractivity contribution is -0.127. The minimum absolute atomic E-state index is 0.0606. The first kappa shape index (κ1) is 20.9. The summed E-state index contributed by atoms with van der Waals surface area (Å²) < 4.78 is 14.7. The van der Waals surface area contributed by atoms with Gasteiger partial charge in [0.1, 0.15) is 5.82 Å². The van der Waals surface area contributed by atoms with Crippen LogP contribution in [-0.2, 0) is 17.9 Å². The number of nitrogens with one attached hydrogen (secondary N) is 2. The molecule has 0 aliphatic rings. The van der Waals surface area contributed by atoms with E-state index in [1.807, 2.05) is 30.3 Å². The van der Waals surface area contributed by atoms with Gasteiger partial charge in [-0.3, -0.25) is 4.79 Å². The highest BCUT2D eigenvalue weighted by Crippen LogP contribution is 2.11. The van der Waals surface area contributed by atoms with Crippen LogP contribution < -0.4 is 10.6 Å². The van der Waals surface area contributed by atoms with Gasteiger partial charge in [0.25, 0.3) is 0 Å². The summed E-state index contributed by atoms with van der Waals surface area (Å²) in [5.74, 6) is 0.187. The first-order chi connectivity index (χ1) is 12.8. The normalized spacial score (nSPS) is 11.2. The molecule has 0 radical (unpaired) electrons. The van der Waals surface area contributed by atoms with Gasteiger partial charge >= 0.3 is 0 Å². The van der Waals surface area contributed by atoms with Gasteiger partial charge in [-0.1, -0.05) is 40.2 Å². The average Bonchev–Trinajstić information content (AvgIpc) is 2.64. The maximum Gasteiger partial charge on any atom is 0.241 e. The van der Waals surface area contributed by atoms with Crippen molar-refractivity contribution in [2.75, 3.05) is 20.6 Å². The smallest absolute Gasteiger partial charge is 0.241 e. The lowest BCUT2D eigenvalue weighted by Gasteiger charge is -2.15. The lowest BCUT2D eigenvalue weighted by atomic mass is 10.1. The molecular formula is C20H24BrFN4O. The van der Waals surface area contributed by atoms with Crippen LogP contribution in [0.25, 0.3) is 0 Å². The van der Waals surface area contributed by atoms with Crippen LogP contribution in [0.2, 0.25) is 0 Å². The molecule has 0 saturated heterocycles. The van der Waals surface area contributed by atoms with Crippen LogP contribution in [0, 0.1) is 12.7 Å². The Morgan fingerprint density at radius 1 is 1.11 bits per heavy atom. The van der Waals surface area contributed by atoms with Gasteiger partial charge in [-0.25, -0.2) is 9.38 Å². The highest BCUT2D eigenvalue weighted by Gasteiger charge is 2.07. The minimum atomic E-state index is -0.247. The molecule has 2 aromatic rings. The number of likely N-dealkylation sites (N-methyl/N-ethyl adjacent to an activating group) is 1. The van der Waals surface area contributed by atoms with Crippen molar-refractivity contribution in [3.8, 4) is 0 Å². The monoisotopic (exact) mass is 434 g/mol. The molecule has 0 bridgehead atoms. The highest BCUT2D eigenvalue weighted by molar-refractivity contribution is 9.10. The molecule has 0 aliphatic heterocycles. The average molecular weight is 435 g/mol. The first-order valence-corrected chi connectivity index (χ1v) is 9.36. The van der Waals surface area contributed by atoms with Crippen molar-refractivity contribution in [1.82, 2.24) is 15.5 Å². The fraction of sp³-hybridized carbons (Fsp3) is 0.300. The zero-order chi connectivity index (χ0) is 19.8. The number of hydrogen-bond acceptors (Lipinski definition) is 2. The van der Waals surface area contributed by atoms with Crippen LogP contribution in [0.3, 0.4) is 0 Å². The van der Waals surface area contributed by atoms with Gasteiger partial charge in [0, 0.05) is 25.1 Å². The molecule has 0 aliphatic carbocycles. The van der Waals surface area contributed by atoms with Gasteiger partial charge in [0.2, 0.25) is 5.91 Å². The minimum Gasteiger partial charge on any atom is -0.352 e. The van der Waals surface area contributed by atoms with Gasteiger partial charge in [0.05, 0.1) is 13.1 Å². The molecule has 0 fully saturated rings. The maximum absolute atomic E-state index is 13.7. The third-order valence-electron chi connectivity index (χ3n) is 3.94. The molecule has 0 unspecified atom stereocenters. The predicted molar refractivity (Wildman–Crippen MR) is 110 cm³/mol. The molecule has 2 N–H and O–H groups in total. The fourth-order valence-corrected chi connectivity index (χ4v) is 2.45. The summed E-state index contributed by atoms with van der Waals surface area (Å²) in [4.78, 5) is 17.8. The Hall–Kier alpha value is -2.41. The number of halogens is 2. The van der Waals surface area contributed by atoms with Crippen molar-refractivity contribution in [3.63, 3.8) is 0 Å². The second-order valence-corrected chi connectivity index (χ2v) is 7.29. The van der Waals surface area contributed by atoms with E-state index in [4.69, 9.17) is 0 Å². The molecule has 2 rings (SSSR count). The van der Waals surface area contributed by atoms with Crippen molar-refractivity contribution in [2.45, 2.75) is 20.0 Å². The molecule has 1 amide bonds. The second-order valence-electron chi connectivity index (χ2n) is 6.37. The van der Waals surface area contributed by atoms with Crippen molar-refractivity contribution in [2.24, 2.45) is 4.99 Å². The first-order valence-electron chi connectivity index (χ1n) is 8.57. The van der Waals surface area contributed by atoms with Crippen molar-refractivity contribution < 1.29 is 9.18 Å². The van der Waals surface area contributed by atoms with E-state index in [1.54, 1.807) is 27.1 Å². The Morgan fingerprint density at radius 2 is 1.78 bits per heavy atom. The van der Waals surface area contributed by atoms with Crippen LogP contribution in [-0.4, -0.2) is 37.4 Å². The number of benzene rings is 2. The Labute approximate surface area is 167 Å². The zero-order valence-electron chi connectivity index (χ0n) is 15.7. The van der Waals surface area contributed by atoms with Crippen molar-refractivity contribution in [1.29, 1.82) is 0 Å². The molecular weight excluding hydrogens is 411 g/mol. The SMILES string of the molecule is Cc1ccc(CN=C(NCC(=O)N(C)C)NCc2ccc(Br)cc2)cc1F. The van der Waals surface area contributed by atoms with E-state index in [9.17, 15) is 9.18 Å². The van der Waals surface area contributed by atoms with Crippen LogP contribution in [0.15, 0.2) is 51.9 Å². The van der Waals surface area contributed by atoms with Gasteiger partial charge < -0.3 is 15.5 Å². The Kier molecular flexibility index (Phi) is 7.79. The molecule has 0 saturated carbocycles. The molecule has 0 aromatic heterocycles. The van der Waals surface area contributed by atoms with Crippen LogP contribution in [0.1, 0.15) is 16.7 Å². The number of guanidine groups is 1. The third-order valence-corrected chi connectivity index (χ3v) is 4.46. The summed E-state index contributed by atoms with van der Waals surface area (Å²) >= 11 is 3.41. The third kappa shape index (κ3) is 7.02. The summed E-state index contributed by atoms with van der Waals surface area (Å²) in [5.41, 5.74) is 2.45. The molecule has 0 heterocycles.